The summed E-state index contributed by atoms with van der Waals surface area (Å²) in [5, 5.41) is 0.634. The smallest absolute Gasteiger partial charge is 0.132 e. The summed E-state index contributed by atoms with van der Waals surface area (Å²) >= 11 is 5.82. The Labute approximate surface area is 117 Å². The normalized spacial score (nSPS) is 12.3. The lowest BCUT2D eigenvalue weighted by Crippen LogP contribution is -2.07. The number of nitrogens with two attached hydrogens (primary N) is 1. The van der Waals surface area contributed by atoms with Gasteiger partial charge < -0.3 is 10.5 Å². The van der Waals surface area contributed by atoms with E-state index < -0.39 is 0 Å². The minimum atomic E-state index is -0.308. The van der Waals surface area contributed by atoms with Crippen LogP contribution >= 0.6 is 11.6 Å². The maximum absolute atomic E-state index is 13.6. The molecule has 0 amide bonds. The first kappa shape index (κ1) is 13.8. The Kier molecular flexibility index (Phi) is 4.08. The van der Waals surface area contributed by atoms with Crippen LogP contribution in [0.2, 0.25) is 5.02 Å². The number of aryl methyl sites for hydroxylation is 1. The average Bonchev–Trinajstić information content (AvgIpc) is 2.36. The lowest BCUT2D eigenvalue weighted by Gasteiger charge is -2.15. The number of rotatable bonds is 3. The van der Waals surface area contributed by atoms with Gasteiger partial charge in [-0.3, -0.25) is 0 Å². The summed E-state index contributed by atoms with van der Waals surface area (Å²) in [5.41, 5.74) is 7.00. The van der Waals surface area contributed by atoms with Gasteiger partial charge in [0, 0.05) is 16.6 Å². The van der Waals surface area contributed by atoms with Crippen LogP contribution in [0.4, 0.5) is 4.39 Å². The molecule has 0 unspecified atom stereocenters. The van der Waals surface area contributed by atoms with Gasteiger partial charge in [-0.1, -0.05) is 11.6 Å². The highest BCUT2D eigenvalue weighted by atomic mass is 35.5. The van der Waals surface area contributed by atoms with Crippen LogP contribution in [0, 0.1) is 12.7 Å². The summed E-state index contributed by atoms with van der Waals surface area (Å²) < 4.78 is 19.3. The van der Waals surface area contributed by atoms with E-state index in [1.807, 2.05) is 0 Å². The molecule has 4 heteroatoms. The first-order valence-electron chi connectivity index (χ1n) is 5.96. The van der Waals surface area contributed by atoms with Gasteiger partial charge in [0.05, 0.1) is 0 Å². The molecule has 0 saturated carbocycles. The van der Waals surface area contributed by atoms with Gasteiger partial charge in [-0.2, -0.15) is 0 Å². The molecule has 1 atom stereocenters. The highest BCUT2D eigenvalue weighted by Crippen LogP contribution is 2.31. The van der Waals surface area contributed by atoms with Crippen LogP contribution < -0.4 is 10.5 Å². The van der Waals surface area contributed by atoms with Crippen molar-refractivity contribution in [2.45, 2.75) is 19.9 Å². The first-order valence-corrected chi connectivity index (χ1v) is 6.34. The molecule has 100 valence electrons. The summed E-state index contributed by atoms with van der Waals surface area (Å²) in [6, 6.07) is 9.75. The Hall–Kier alpha value is -1.58. The molecule has 2 nitrogen and oxygen atoms in total. The number of benzene rings is 2. The van der Waals surface area contributed by atoms with E-state index in [1.54, 1.807) is 44.2 Å². The number of ether oxygens (including phenoxy) is 1. The minimum Gasteiger partial charge on any atom is -0.457 e. The molecule has 0 radical (unpaired) electrons. The van der Waals surface area contributed by atoms with Crippen LogP contribution in [-0.4, -0.2) is 0 Å². The van der Waals surface area contributed by atoms with Crippen molar-refractivity contribution in [1.29, 1.82) is 0 Å². The van der Waals surface area contributed by atoms with Gasteiger partial charge in [0.2, 0.25) is 0 Å². The Morgan fingerprint density at radius 2 is 1.84 bits per heavy atom. The van der Waals surface area contributed by atoms with E-state index in [-0.39, 0.29) is 11.9 Å². The van der Waals surface area contributed by atoms with Gasteiger partial charge in [-0.05, 0) is 55.8 Å². The second-order valence-electron chi connectivity index (χ2n) is 4.48. The van der Waals surface area contributed by atoms with Crippen LogP contribution in [0.25, 0.3) is 0 Å². The van der Waals surface area contributed by atoms with Crippen LogP contribution in [0.3, 0.4) is 0 Å². The van der Waals surface area contributed by atoms with Crippen molar-refractivity contribution in [3.63, 3.8) is 0 Å². The monoisotopic (exact) mass is 279 g/mol. The predicted octanol–water partition coefficient (Wildman–Crippen LogP) is 4.60. The van der Waals surface area contributed by atoms with Gasteiger partial charge in [-0.25, -0.2) is 4.39 Å². The van der Waals surface area contributed by atoms with Crippen molar-refractivity contribution in [2.75, 3.05) is 0 Å². The van der Waals surface area contributed by atoms with Crippen molar-refractivity contribution in [1.82, 2.24) is 0 Å². The van der Waals surface area contributed by atoms with Crippen LogP contribution in [0.15, 0.2) is 36.4 Å². The summed E-state index contributed by atoms with van der Waals surface area (Å²) in [7, 11) is 0. The number of hydrogen-bond acceptors (Lipinski definition) is 2. The number of hydrogen-bond donors (Lipinski definition) is 1. The molecule has 0 aliphatic rings. The summed E-state index contributed by atoms with van der Waals surface area (Å²) in [6.07, 6.45) is 0. The highest BCUT2D eigenvalue weighted by Gasteiger charge is 2.12. The zero-order valence-corrected chi connectivity index (χ0v) is 11.5. The summed E-state index contributed by atoms with van der Waals surface area (Å²) in [6.45, 7) is 3.48. The van der Waals surface area contributed by atoms with Crippen LogP contribution in [0.5, 0.6) is 11.5 Å². The zero-order chi connectivity index (χ0) is 14.0. The van der Waals surface area contributed by atoms with Crippen molar-refractivity contribution in [2.24, 2.45) is 5.73 Å². The minimum absolute atomic E-state index is 0.282. The fourth-order valence-electron chi connectivity index (χ4n) is 1.74. The molecule has 2 rings (SSSR count). The van der Waals surface area contributed by atoms with Gasteiger partial charge in [0.1, 0.15) is 17.3 Å². The van der Waals surface area contributed by atoms with Crippen molar-refractivity contribution < 1.29 is 9.13 Å². The lowest BCUT2D eigenvalue weighted by molar-refractivity contribution is 0.468. The molecule has 0 aromatic heterocycles. The molecule has 19 heavy (non-hydrogen) atoms. The summed E-state index contributed by atoms with van der Waals surface area (Å²) in [4.78, 5) is 0. The molecule has 0 heterocycles. The molecule has 2 aromatic carbocycles. The first-order chi connectivity index (χ1) is 8.97. The van der Waals surface area contributed by atoms with Crippen molar-refractivity contribution in [3.8, 4) is 11.5 Å². The standard InChI is InChI=1S/C15H15ClFNO/c1-9-7-15(13(10(2)18)8-14(9)17)19-12-5-3-11(16)4-6-12/h3-8,10H,18H2,1-2H3/t10-/m0/s1. The maximum Gasteiger partial charge on any atom is 0.132 e. The van der Waals surface area contributed by atoms with E-state index in [0.717, 1.165) is 0 Å². The highest BCUT2D eigenvalue weighted by molar-refractivity contribution is 6.30. The molecule has 0 saturated heterocycles. The quantitative estimate of drug-likeness (QED) is 0.891. The second-order valence-corrected chi connectivity index (χ2v) is 4.92. The molecule has 0 fully saturated rings. The topological polar surface area (TPSA) is 35.2 Å². The SMILES string of the molecule is Cc1cc(Oc2ccc(Cl)cc2)c([C@H](C)N)cc1F. The van der Waals surface area contributed by atoms with Crippen LogP contribution in [0.1, 0.15) is 24.1 Å². The van der Waals surface area contributed by atoms with Gasteiger partial charge in [0.15, 0.2) is 0 Å². The molecular weight excluding hydrogens is 265 g/mol. The van der Waals surface area contributed by atoms with E-state index >= 15 is 0 Å². The maximum atomic E-state index is 13.6. The van der Waals surface area contributed by atoms with E-state index in [1.165, 1.54) is 6.07 Å². The zero-order valence-electron chi connectivity index (χ0n) is 10.8. The third-order valence-corrected chi connectivity index (χ3v) is 3.08. The predicted molar refractivity (Wildman–Crippen MR) is 75.3 cm³/mol. The molecule has 0 aliphatic carbocycles. The van der Waals surface area contributed by atoms with E-state index in [0.29, 0.717) is 27.6 Å². The van der Waals surface area contributed by atoms with E-state index in [9.17, 15) is 4.39 Å². The average molecular weight is 280 g/mol. The molecule has 2 aromatic rings. The fraction of sp³-hybridized carbons (Fsp3) is 0.200. The van der Waals surface area contributed by atoms with E-state index in [4.69, 9.17) is 22.1 Å². The van der Waals surface area contributed by atoms with Gasteiger partial charge in [-0.15, -0.1) is 0 Å². The Morgan fingerprint density at radius 3 is 2.42 bits per heavy atom. The number of halogens is 2. The Morgan fingerprint density at radius 1 is 1.21 bits per heavy atom. The Bertz CT molecular complexity index is 581. The second kappa shape index (κ2) is 5.59. The van der Waals surface area contributed by atoms with Crippen LogP contribution in [-0.2, 0) is 0 Å². The molecule has 0 bridgehead atoms. The van der Waals surface area contributed by atoms with Crippen molar-refractivity contribution in [3.05, 3.63) is 58.4 Å². The van der Waals surface area contributed by atoms with Gasteiger partial charge >= 0.3 is 0 Å². The largest absolute Gasteiger partial charge is 0.457 e. The molecule has 0 aliphatic heterocycles. The lowest BCUT2D eigenvalue weighted by atomic mass is 10.1. The Balaban J connectivity index is 2.38. The van der Waals surface area contributed by atoms with Gasteiger partial charge in [0.25, 0.3) is 0 Å². The fourth-order valence-corrected chi connectivity index (χ4v) is 1.87. The molecule has 0 spiro atoms. The van der Waals surface area contributed by atoms with E-state index in [2.05, 4.69) is 0 Å². The van der Waals surface area contributed by atoms with Crippen molar-refractivity contribution >= 4 is 11.6 Å². The third kappa shape index (κ3) is 3.25. The summed E-state index contributed by atoms with van der Waals surface area (Å²) in [5.74, 6) is 0.921. The molecular formula is C15H15ClFNO. The third-order valence-electron chi connectivity index (χ3n) is 2.82. The molecule has 2 N–H and O–H groups in total.